The first kappa shape index (κ1) is 10.9. The third kappa shape index (κ3) is 2.51. The molecule has 0 saturated heterocycles. The number of carbonyl (C=O) groups is 1. The van der Waals surface area contributed by atoms with Crippen molar-refractivity contribution in [3.05, 3.63) is 0 Å². The van der Waals surface area contributed by atoms with Crippen molar-refractivity contribution in [3.8, 4) is 6.07 Å². The Morgan fingerprint density at radius 2 is 2.17 bits per heavy atom. The topological polar surface area (TPSA) is 56.1 Å². The molecule has 0 radical (unpaired) electrons. The molecule has 0 aromatic carbocycles. The van der Waals surface area contributed by atoms with Crippen LogP contribution in [0, 0.1) is 16.7 Å². The fraction of sp³-hybridized carbons (Fsp3) is 0.750. The quantitative estimate of drug-likeness (QED) is 0.626. The molecule has 0 spiro atoms. The molecule has 0 fully saturated rings. The van der Waals surface area contributed by atoms with Gasteiger partial charge in [-0.05, 0) is 13.3 Å². The number of nitrogens with zero attached hydrogens (tertiary/aromatic N) is 2. The van der Waals surface area contributed by atoms with Crippen molar-refractivity contribution in [3.63, 3.8) is 0 Å². The Kier molecular flexibility index (Phi) is 3.71. The third-order valence-electron chi connectivity index (χ3n) is 1.78. The predicted molar refractivity (Wildman–Crippen MR) is 45.8 cm³/mol. The largest absolute Gasteiger partial charge is 0.288 e. The van der Waals surface area contributed by atoms with E-state index in [-0.39, 0.29) is 5.91 Å². The number of hydrazine groups is 1. The summed E-state index contributed by atoms with van der Waals surface area (Å²) in [5.41, 5.74) is 1.64. The van der Waals surface area contributed by atoms with E-state index in [9.17, 15) is 4.79 Å². The summed E-state index contributed by atoms with van der Waals surface area (Å²) in [6.45, 7) is 3.45. The smallest absolute Gasteiger partial charge is 0.254 e. The van der Waals surface area contributed by atoms with Crippen LogP contribution in [-0.2, 0) is 4.79 Å². The Labute approximate surface area is 73.1 Å². The zero-order valence-corrected chi connectivity index (χ0v) is 8.01. The fourth-order valence-corrected chi connectivity index (χ4v) is 0.617. The van der Waals surface area contributed by atoms with Crippen molar-refractivity contribution in [2.24, 2.45) is 5.41 Å². The zero-order chi connectivity index (χ0) is 9.78. The minimum absolute atomic E-state index is 0.252. The van der Waals surface area contributed by atoms with E-state index in [4.69, 9.17) is 5.26 Å². The number of amides is 1. The molecule has 4 heteroatoms. The van der Waals surface area contributed by atoms with E-state index in [0.717, 1.165) is 0 Å². The second-order valence-corrected chi connectivity index (χ2v) is 3.13. The minimum Gasteiger partial charge on any atom is -0.288 e. The second-order valence-electron chi connectivity index (χ2n) is 3.13. The fourth-order valence-electron chi connectivity index (χ4n) is 0.617. The van der Waals surface area contributed by atoms with Gasteiger partial charge in [0.05, 0.1) is 6.07 Å². The lowest BCUT2D eigenvalue weighted by Gasteiger charge is -2.21. The van der Waals surface area contributed by atoms with Crippen LogP contribution >= 0.6 is 0 Å². The highest BCUT2D eigenvalue weighted by molar-refractivity contribution is 5.84. The van der Waals surface area contributed by atoms with Gasteiger partial charge in [0.1, 0.15) is 5.41 Å². The van der Waals surface area contributed by atoms with E-state index in [1.807, 2.05) is 13.0 Å². The van der Waals surface area contributed by atoms with E-state index in [1.165, 1.54) is 5.01 Å². The molecule has 4 nitrogen and oxygen atoms in total. The molecule has 0 aliphatic rings. The number of nitriles is 1. The van der Waals surface area contributed by atoms with Crippen LogP contribution < -0.4 is 5.43 Å². The number of nitrogens with one attached hydrogen (secondary N) is 1. The van der Waals surface area contributed by atoms with Crippen LogP contribution in [0.5, 0.6) is 0 Å². The Morgan fingerprint density at radius 1 is 1.67 bits per heavy atom. The molecule has 0 bridgehead atoms. The number of hydrogen-bond donors (Lipinski definition) is 1. The van der Waals surface area contributed by atoms with Gasteiger partial charge in [0, 0.05) is 14.1 Å². The van der Waals surface area contributed by atoms with Crippen LogP contribution in [0.1, 0.15) is 20.3 Å². The molecule has 1 unspecified atom stereocenters. The molecule has 1 atom stereocenters. The molecule has 0 heterocycles. The summed E-state index contributed by atoms with van der Waals surface area (Å²) in [6.07, 6.45) is 0.517. The van der Waals surface area contributed by atoms with E-state index in [2.05, 4.69) is 5.43 Å². The molecular weight excluding hydrogens is 154 g/mol. The van der Waals surface area contributed by atoms with Crippen molar-refractivity contribution < 1.29 is 4.79 Å². The maximum Gasteiger partial charge on any atom is 0.254 e. The molecule has 12 heavy (non-hydrogen) atoms. The average molecular weight is 169 g/mol. The SMILES string of the molecule is CCC(C)(C#N)C(=O)NN(C)C. The van der Waals surface area contributed by atoms with Gasteiger partial charge in [0.2, 0.25) is 0 Å². The first-order valence-electron chi connectivity index (χ1n) is 3.86. The predicted octanol–water partition coefficient (Wildman–Crippen LogP) is 0.519. The lowest BCUT2D eigenvalue weighted by atomic mass is 9.89. The Hall–Kier alpha value is -1.08. The number of carbonyl (C=O) groups excluding carboxylic acids is 1. The molecule has 0 aliphatic carbocycles. The standard InChI is InChI=1S/C8H15N3O/c1-5-8(2,6-9)7(12)10-11(3)4/h5H2,1-4H3,(H,10,12). The highest BCUT2D eigenvalue weighted by Crippen LogP contribution is 2.19. The summed E-state index contributed by atoms with van der Waals surface area (Å²) in [5.74, 6) is -0.252. The van der Waals surface area contributed by atoms with Gasteiger partial charge >= 0.3 is 0 Å². The lowest BCUT2D eigenvalue weighted by Crippen LogP contribution is -2.44. The van der Waals surface area contributed by atoms with Gasteiger partial charge in [-0.2, -0.15) is 5.26 Å². The van der Waals surface area contributed by atoms with E-state index < -0.39 is 5.41 Å². The number of rotatable bonds is 3. The molecule has 0 aromatic heterocycles. The highest BCUT2D eigenvalue weighted by atomic mass is 16.2. The van der Waals surface area contributed by atoms with Crippen molar-refractivity contribution in [1.82, 2.24) is 10.4 Å². The monoisotopic (exact) mass is 169 g/mol. The van der Waals surface area contributed by atoms with Crippen LogP contribution in [-0.4, -0.2) is 25.0 Å². The van der Waals surface area contributed by atoms with Crippen molar-refractivity contribution in [1.29, 1.82) is 5.26 Å². The van der Waals surface area contributed by atoms with E-state index in [0.29, 0.717) is 6.42 Å². The summed E-state index contributed by atoms with van der Waals surface area (Å²) in [4.78, 5) is 11.4. The molecule has 68 valence electrons. The first-order valence-corrected chi connectivity index (χ1v) is 3.86. The maximum atomic E-state index is 11.4. The van der Waals surface area contributed by atoms with Crippen LogP contribution in [0.15, 0.2) is 0 Å². The van der Waals surface area contributed by atoms with Gasteiger partial charge in [-0.25, -0.2) is 5.01 Å². The molecular formula is C8H15N3O. The average Bonchev–Trinajstić information content (AvgIpc) is 2.02. The van der Waals surface area contributed by atoms with E-state index in [1.54, 1.807) is 21.0 Å². The highest BCUT2D eigenvalue weighted by Gasteiger charge is 2.31. The van der Waals surface area contributed by atoms with Crippen molar-refractivity contribution in [2.45, 2.75) is 20.3 Å². The lowest BCUT2D eigenvalue weighted by molar-refractivity contribution is -0.131. The van der Waals surface area contributed by atoms with Gasteiger partial charge in [-0.15, -0.1) is 0 Å². The molecule has 0 aliphatic heterocycles. The van der Waals surface area contributed by atoms with Gasteiger partial charge in [-0.3, -0.25) is 10.2 Å². The Morgan fingerprint density at radius 3 is 2.42 bits per heavy atom. The summed E-state index contributed by atoms with van der Waals surface area (Å²) < 4.78 is 0. The summed E-state index contributed by atoms with van der Waals surface area (Å²) in [5, 5.41) is 10.3. The summed E-state index contributed by atoms with van der Waals surface area (Å²) in [7, 11) is 3.43. The van der Waals surface area contributed by atoms with Gasteiger partial charge in [0.25, 0.3) is 5.91 Å². The molecule has 0 saturated carbocycles. The normalized spacial score (nSPS) is 15.0. The third-order valence-corrected chi connectivity index (χ3v) is 1.78. The summed E-state index contributed by atoms with van der Waals surface area (Å²) >= 11 is 0. The van der Waals surface area contributed by atoms with Gasteiger partial charge in [-0.1, -0.05) is 6.92 Å². The molecule has 0 rings (SSSR count). The first-order chi connectivity index (χ1) is 5.46. The van der Waals surface area contributed by atoms with E-state index >= 15 is 0 Å². The minimum atomic E-state index is -0.912. The van der Waals surface area contributed by atoms with Crippen LogP contribution in [0.2, 0.25) is 0 Å². The molecule has 1 amide bonds. The van der Waals surface area contributed by atoms with Crippen LogP contribution in [0.4, 0.5) is 0 Å². The van der Waals surface area contributed by atoms with Gasteiger partial charge in [0.15, 0.2) is 0 Å². The molecule has 0 aromatic rings. The second kappa shape index (κ2) is 4.07. The van der Waals surface area contributed by atoms with Crippen LogP contribution in [0.3, 0.4) is 0 Å². The number of hydrogen-bond acceptors (Lipinski definition) is 3. The Bertz CT molecular complexity index is 207. The van der Waals surface area contributed by atoms with Crippen LogP contribution in [0.25, 0.3) is 0 Å². The molecule has 1 N–H and O–H groups in total. The zero-order valence-electron chi connectivity index (χ0n) is 8.01. The van der Waals surface area contributed by atoms with Gasteiger partial charge < -0.3 is 0 Å². The summed E-state index contributed by atoms with van der Waals surface area (Å²) in [6, 6.07) is 1.99. The van der Waals surface area contributed by atoms with Crippen molar-refractivity contribution in [2.75, 3.05) is 14.1 Å². The Balaban J connectivity index is 4.36. The maximum absolute atomic E-state index is 11.4. The van der Waals surface area contributed by atoms with Crippen molar-refractivity contribution >= 4 is 5.91 Å².